The topological polar surface area (TPSA) is 67.0 Å². The summed E-state index contributed by atoms with van der Waals surface area (Å²) in [6.45, 7) is 0.690. The van der Waals surface area contributed by atoms with Gasteiger partial charge in [-0.3, -0.25) is 9.78 Å². The summed E-state index contributed by atoms with van der Waals surface area (Å²) in [6, 6.07) is 17.5. The minimum Gasteiger partial charge on any atom is -0.371 e. The molecule has 0 bridgehead atoms. The van der Waals surface area contributed by atoms with Gasteiger partial charge in [0.05, 0.1) is 16.9 Å². The fourth-order valence-electron chi connectivity index (χ4n) is 3.04. The second kappa shape index (κ2) is 5.85. The van der Waals surface area contributed by atoms with E-state index in [-0.39, 0.29) is 17.7 Å². The molecule has 1 aromatic heterocycles. The maximum atomic E-state index is 12.2. The molecule has 0 saturated carbocycles. The third-order valence-electron chi connectivity index (χ3n) is 4.15. The van der Waals surface area contributed by atoms with Gasteiger partial charge in [-0.25, -0.2) is 4.98 Å². The fourth-order valence-corrected chi connectivity index (χ4v) is 3.04. The highest BCUT2D eigenvalue weighted by Crippen LogP contribution is 2.30. The number of nitrogens with zero attached hydrogens (tertiary/aromatic N) is 1. The van der Waals surface area contributed by atoms with Gasteiger partial charge in [-0.15, -0.1) is 0 Å². The van der Waals surface area contributed by atoms with E-state index in [0.717, 1.165) is 12.0 Å². The SMILES string of the molecule is O=c1[nH]c(N[C@H]2CCO[C@@H]2c2ccccc2)nc2ccccc12. The molecular weight excluding hydrogens is 290 g/mol. The molecule has 116 valence electrons. The summed E-state index contributed by atoms with van der Waals surface area (Å²) in [5.41, 5.74) is 1.69. The summed E-state index contributed by atoms with van der Waals surface area (Å²) >= 11 is 0. The number of nitrogens with one attached hydrogen (secondary N) is 2. The van der Waals surface area contributed by atoms with Crippen molar-refractivity contribution in [3.8, 4) is 0 Å². The highest BCUT2D eigenvalue weighted by Gasteiger charge is 2.30. The Labute approximate surface area is 133 Å². The Morgan fingerprint density at radius 1 is 1.09 bits per heavy atom. The Bertz CT molecular complexity index is 876. The molecule has 1 fully saturated rings. The number of para-hydroxylation sites is 1. The number of ether oxygens (including phenoxy) is 1. The summed E-state index contributed by atoms with van der Waals surface area (Å²) < 4.78 is 5.86. The van der Waals surface area contributed by atoms with Crippen LogP contribution in [-0.4, -0.2) is 22.6 Å². The highest BCUT2D eigenvalue weighted by atomic mass is 16.5. The van der Waals surface area contributed by atoms with Crippen LogP contribution in [0.4, 0.5) is 5.95 Å². The van der Waals surface area contributed by atoms with E-state index in [1.165, 1.54) is 0 Å². The molecule has 1 aliphatic heterocycles. The van der Waals surface area contributed by atoms with Gasteiger partial charge in [0.15, 0.2) is 0 Å². The Morgan fingerprint density at radius 2 is 1.87 bits per heavy atom. The summed E-state index contributed by atoms with van der Waals surface area (Å²) in [6.07, 6.45) is 0.837. The minimum atomic E-state index is -0.131. The normalized spacial score (nSPS) is 20.7. The number of rotatable bonds is 3. The van der Waals surface area contributed by atoms with Crippen LogP contribution in [0, 0.1) is 0 Å². The zero-order valence-corrected chi connectivity index (χ0v) is 12.5. The van der Waals surface area contributed by atoms with Crippen molar-refractivity contribution in [1.82, 2.24) is 9.97 Å². The second-order valence-corrected chi connectivity index (χ2v) is 5.67. The van der Waals surface area contributed by atoms with E-state index < -0.39 is 0 Å². The molecule has 1 saturated heterocycles. The van der Waals surface area contributed by atoms with Crippen molar-refractivity contribution >= 4 is 16.9 Å². The van der Waals surface area contributed by atoms with Gasteiger partial charge < -0.3 is 10.1 Å². The summed E-state index contributed by atoms with van der Waals surface area (Å²) in [5.74, 6) is 0.491. The molecule has 23 heavy (non-hydrogen) atoms. The predicted octanol–water partition coefficient (Wildman–Crippen LogP) is 2.87. The van der Waals surface area contributed by atoms with Crippen LogP contribution in [0.5, 0.6) is 0 Å². The molecule has 2 aromatic carbocycles. The summed E-state index contributed by atoms with van der Waals surface area (Å²) in [5, 5.41) is 3.93. The second-order valence-electron chi connectivity index (χ2n) is 5.67. The summed E-state index contributed by atoms with van der Waals surface area (Å²) in [7, 11) is 0. The molecular formula is C18H17N3O2. The van der Waals surface area contributed by atoms with Crippen molar-refractivity contribution in [2.75, 3.05) is 11.9 Å². The molecule has 0 amide bonds. The van der Waals surface area contributed by atoms with Gasteiger partial charge in [0, 0.05) is 6.61 Å². The first-order valence-electron chi connectivity index (χ1n) is 7.73. The number of anilines is 1. The smallest absolute Gasteiger partial charge is 0.260 e. The van der Waals surface area contributed by atoms with Crippen LogP contribution in [0.25, 0.3) is 10.9 Å². The molecule has 5 heteroatoms. The van der Waals surface area contributed by atoms with E-state index in [9.17, 15) is 4.79 Å². The van der Waals surface area contributed by atoms with Crippen molar-refractivity contribution in [3.63, 3.8) is 0 Å². The molecule has 4 rings (SSSR count). The average Bonchev–Trinajstić information content (AvgIpc) is 3.04. The van der Waals surface area contributed by atoms with Crippen LogP contribution in [0.15, 0.2) is 59.4 Å². The Hall–Kier alpha value is -2.66. The van der Waals surface area contributed by atoms with Gasteiger partial charge in [0.2, 0.25) is 5.95 Å². The molecule has 0 radical (unpaired) electrons. The molecule has 5 nitrogen and oxygen atoms in total. The van der Waals surface area contributed by atoms with E-state index in [4.69, 9.17) is 4.74 Å². The lowest BCUT2D eigenvalue weighted by Crippen LogP contribution is -2.26. The molecule has 2 heterocycles. The Morgan fingerprint density at radius 3 is 2.74 bits per heavy atom. The third-order valence-corrected chi connectivity index (χ3v) is 4.15. The summed E-state index contributed by atoms with van der Waals surface area (Å²) in [4.78, 5) is 19.5. The lowest BCUT2D eigenvalue weighted by Gasteiger charge is -2.20. The van der Waals surface area contributed by atoms with Crippen molar-refractivity contribution in [2.45, 2.75) is 18.6 Å². The van der Waals surface area contributed by atoms with Crippen LogP contribution in [0.2, 0.25) is 0 Å². The first kappa shape index (κ1) is 14.0. The lowest BCUT2D eigenvalue weighted by atomic mass is 10.0. The van der Waals surface area contributed by atoms with Gasteiger partial charge in [0.1, 0.15) is 6.10 Å². The monoisotopic (exact) mass is 307 g/mol. The van der Waals surface area contributed by atoms with Crippen molar-refractivity contribution in [2.24, 2.45) is 0 Å². The van der Waals surface area contributed by atoms with Crippen LogP contribution < -0.4 is 10.9 Å². The number of aromatic nitrogens is 2. The minimum absolute atomic E-state index is 0.0343. The lowest BCUT2D eigenvalue weighted by molar-refractivity contribution is 0.107. The van der Waals surface area contributed by atoms with Gasteiger partial charge in [0.25, 0.3) is 5.56 Å². The largest absolute Gasteiger partial charge is 0.371 e. The Kier molecular flexibility index (Phi) is 3.55. The van der Waals surface area contributed by atoms with Gasteiger partial charge in [-0.05, 0) is 24.1 Å². The number of benzene rings is 2. The fraction of sp³-hybridized carbons (Fsp3) is 0.222. The molecule has 0 unspecified atom stereocenters. The van der Waals surface area contributed by atoms with Crippen LogP contribution in [0.1, 0.15) is 18.1 Å². The van der Waals surface area contributed by atoms with Crippen molar-refractivity contribution in [1.29, 1.82) is 0 Å². The number of fused-ring (bicyclic) bond motifs is 1. The predicted molar refractivity (Wildman–Crippen MR) is 89.5 cm³/mol. The maximum absolute atomic E-state index is 12.2. The van der Waals surface area contributed by atoms with Crippen molar-refractivity contribution in [3.05, 3.63) is 70.5 Å². The first-order chi connectivity index (χ1) is 11.3. The molecule has 0 spiro atoms. The number of hydrogen-bond donors (Lipinski definition) is 2. The standard InChI is InChI=1S/C18H17N3O2/c22-17-13-8-4-5-9-14(13)19-18(21-17)20-15-10-11-23-16(15)12-6-2-1-3-7-12/h1-9,15-16H,10-11H2,(H2,19,20,21,22)/t15-,16+/m0/s1. The molecule has 1 aliphatic rings. The van der Waals surface area contributed by atoms with E-state index in [2.05, 4.69) is 27.4 Å². The maximum Gasteiger partial charge on any atom is 0.260 e. The zero-order valence-electron chi connectivity index (χ0n) is 12.5. The Balaban J connectivity index is 1.63. The number of hydrogen-bond acceptors (Lipinski definition) is 4. The number of aromatic amines is 1. The number of H-pyrrole nitrogens is 1. The quantitative estimate of drug-likeness (QED) is 0.781. The molecule has 0 aliphatic carbocycles. The average molecular weight is 307 g/mol. The van der Waals surface area contributed by atoms with Crippen LogP contribution >= 0.6 is 0 Å². The molecule has 3 aromatic rings. The van der Waals surface area contributed by atoms with Gasteiger partial charge >= 0.3 is 0 Å². The highest BCUT2D eigenvalue weighted by molar-refractivity contribution is 5.78. The first-order valence-corrected chi connectivity index (χ1v) is 7.73. The molecule has 2 N–H and O–H groups in total. The third kappa shape index (κ3) is 2.71. The van der Waals surface area contributed by atoms with E-state index in [0.29, 0.717) is 23.5 Å². The van der Waals surface area contributed by atoms with Gasteiger partial charge in [-0.2, -0.15) is 0 Å². The van der Waals surface area contributed by atoms with Crippen LogP contribution in [-0.2, 0) is 4.74 Å². The molecule has 2 atom stereocenters. The van der Waals surface area contributed by atoms with E-state index in [1.807, 2.05) is 36.4 Å². The van der Waals surface area contributed by atoms with Gasteiger partial charge in [-0.1, -0.05) is 42.5 Å². The van der Waals surface area contributed by atoms with Crippen molar-refractivity contribution < 1.29 is 4.74 Å². The zero-order chi connectivity index (χ0) is 15.6. The van der Waals surface area contributed by atoms with E-state index >= 15 is 0 Å². The van der Waals surface area contributed by atoms with E-state index in [1.54, 1.807) is 6.07 Å². The van der Waals surface area contributed by atoms with Crippen LogP contribution in [0.3, 0.4) is 0 Å².